The van der Waals surface area contributed by atoms with Gasteiger partial charge in [-0.2, -0.15) is 0 Å². The van der Waals surface area contributed by atoms with E-state index in [1.165, 1.54) is 36.1 Å². The third-order valence-electron chi connectivity index (χ3n) is 4.11. The van der Waals surface area contributed by atoms with E-state index in [-0.39, 0.29) is 36.1 Å². The number of Topliss-reactive ketones (excluding diaryl/α,β-unsaturated/α-hetero) is 1. The predicted octanol–water partition coefficient (Wildman–Crippen LogP) is 1.29. The van der Waals surface area contributed by atoms with Crippen LogP contribution in [0.25, 0.3) is 0 Å². The van der Waals surface area contributed by atoms with E-state index in [9.17, 15) is 22.8 Å². The number of benzene rings is 1. The molecule has 1 aromatic rings. The lowest BCUT2D eigenvalue weighted by Gasteiger charge is -2.26. The molecule has 174 valence electrons. The first kappa shape index (κ1) is 26.7. The SMILES string of the molecule is CC(=O)c1ccc(S(=O)(=O)NCCC(=O)N(CCN(C)C)CC(=O)OC(C)(C)C)cc1. The molecule has 0 spiro atoms. The zero-order chi connectivity index (χ0) is 23.8. The average Bonchev–Trinajstić information content (AvgIpc) is 2.63. The number of sulfonamides is 1. The second kappa shape index (κ2) is 11.4. The van der Waals surface area contributed by atoms with Gasteiger partial charge in [-0.15, -0.1) is 0 Å². The van der Waals surface area contributed by atoms with Crippen molar-refractivity contribution in [3.63, 3.8) is 0 Å². The van der Waals surface area contributed by atoms with Crippen LogP contribution in [0.4, 0.5) is 0 Å². The molecule has 0 radical (unpaired) electrons. The van der Waals surface area contributed by atoms with E-state index in [4.69, 9.17) is 4.74 Å². The van der Waals surface area contributed by atoms with Crippen LogP contribution in [0.1, 0.15) is 44.5 Å². The molecular formula is C21H33N3O6S. The molecule has 9 nitrogen and oxygen atoms in total. The van der Waals surface area contributed by atoms with Crippen molar-refractivity contribution in [2.24, 2.45) is 0 Å². The molecular weight excluding hydrogens is 422 g/mol. The molecule has 0 aliphatic rings. The molecule has 0 fully saturated rings. The zero-order valence-electron chi connectivity index (χ0n) is 19.1. The molecule has 10 heteroatoms. The van der Waals surface area contributed by atoms with Gasteiger partial charge >= 0.3 is 5.97 Å². The summed E-state index contributed by atoms with van der Waals surface area (Å²) < 4.78 is 32.5. The quantitative estimate of drug-likeness (QED) is 0.395. The maximum absolute atomic E-state index is 12.6. The molecule has 1 rings (SSSR count). The lowest BCUT2D eigenvalue weighted by atomic mass is 10.2. The number of nitrogens with one attached hydrogen (secondary N) is 1. The van der Waals surface area contributed by atoms with E-state index >= 15 is 0 Å². The normalized spacial score (nSPS) is 12.0. The summed E-state index contributed by atoms with van der Waals surface area (Å²) in [6, 6.07) is 5.55. The Morgan fingerprint density at radius 2 is 1.61 bits per heavy atom. The summed E-state index contributed by atoms with van der Waals surface area (Å²) in [5, 5.41) is 0. The predicted molar refractivity (Wildman–Crippen MR) is 117 cm³/mol. The molecule has 1 aromatic carbocycles. The number of nitrogens with zero attached hydrogens (tertiary/aromatic N) is 2. The van der Waals surface area contributed by atoms with Gasteiger partial charge in [0.15, 0.2) is 5.78 Å². The highest BCUT2D eigenvalue weighted by atomic mass is 32.2. The third-order valence-corrected chi connectivity index (χ3v) is 5.59. The molecule has 0 heterocycles. The van der Waals surface area contributed by atoms with Crippen molar-refractivity contribution in [1.29, 1.82) is 0 Å². The summed E-state index contributed by atoms with van der Waals surface area (Å²) in [4.78, 5) is 39.3. The molecule has 0 unspecified atom stereocenters. The monoisotopic (exact) mass is 455 g/mol. The molecule has 0 bridgehead atoms. The minimum Gasteiger partial charge on any atom is -0.459 e. The number of likely N-dealkylation sites (N-methyl/N-ethyl adjacent to an activating group) is 1. The highest BCUT2D eigenvalue weighted by molar-refractivity contribution is 7.89. The number of ether oxygens (including phenoxy) is 1. The van der Waals surface area contributed by atoms with Crippen LogP contribution in [0, 0.1) is 0 Å². The van der Waals surface area contributed by atoms with E-state index in [1.807, 2.05) is 19.0 Å². The van der Waals surface area contributed by atoms with E-state index in [0.29, 0.717) is 18.7 Å². The Morgan fingerprint density at radius 3 is 2.10 bits per heavy atom. The first-order valence-electron chi connectivity index (χ1n) is 9.96. The smallest absolute Gasteiger partial charge is 0.326 e. The largest absolute Gasteiger partial charge is 0.459 e. The number of hydrogen-bond donors (Lipinski definition) is 1. The van der Waals surface area contributed by atoms with Gasteiger partial charge in [-0.1, -0.05) is 12.1 Å². The summed E-state index contributed by atoms with van der Waals surface area (Å²) in [6.45, 7) is 7.16. The fourth-order valence-electron chi connectivity index (χ4n) is 2.54. The van der Waals surface area contributed by atoms with Gasteiger partial charge < -0.3 is 14.5 Å². The second-order valence-electron chi connectivity index (χ2n) is 8.43. The van der Waals surface area contributed by atoms with Gasteiger partial charge in [0.2, 0.25) is 15.9 Å². The van der Waals surface area contributed by atoms with Crippen molar-refractivity contribution in [3.05, 3.63) is 29.8 Å². The Kier molecular flexibility index (Phi) is 9.79. The van der Waals surface area contributed by atoms with E-state index in [1.54, 1.807) is 20.8 Å². The maximum Gasteiger partial charge on any atom is 0.326 e. The number of ketones is 1. The highest BCUT2D eigenvalue weighted by Gasteiger charge is 2.23. The first-order valence-corrected chi connectivity index (χ1v) is 11.4. The maximum atomic E-state index is 12.6. The Balaban J connectivity index is 2.72. The molecule has 0 atom stereocenters. The van der Waals surface area contributed by atoms with E-state index in [0.717, 1.165) is 0 Å². The molecule has 0 aliphatic heterocycles. The lowest BCUT2D eigenvalue weighted by molar-refractivity contribution is -0.159. The van der Waals surface area contributed by atoms with Crippen LogP contribution < -0.4 is 4.72 Å². The number of esters is 1. The van der Waals surface area contributed by atoms with Gasteiger partial charge in [0.1, 0.15) is 12.1 Å². The Bertz CT molecular complexity index is 873. The minimum atomic E-state index is -3.83. The summed E-state index contributed by atoms with van der Waals surface area (Å²) in [5.41, 5.74) is -0.256. The molecule has 1 amide bonds. The molecule has 0 aliphatic carbocycles. The van der Waals surface area contributed by atoms with E-state index in [2.05, 4.69) is 4.72 Å². The van der Waals surface area contributed by atoms with Crippen molar-refractivity contribution >= 4 is 27.7 Å². The van der Waals surface area contributed by atoms with E-state index < -0.39 is 21.6 Å². The molecule has 31 heavy (non-hydrogen) atoms. The van der Waals surface area contributed by atoms with Gasteiger partial charge in [0.25, 0.3) is 0 Å². The number of carbonyl (C=O) groups is 3. The molecule has 0 aromatic heterocycles. The molecule has 0 saturated carbocycles. The second-order valence-corrected chi connectivity index (χ2v) is 10.2. The van der Waals surface area contributed by atoms with Gasteiger partial charge in [0.05, 0.1) is 4.90 Å². The third kappa shape index (κ3) is 10.0. The Hall–Kier alpha value is -2.30. The summed E-state index contributed by atoms with van der Waals surface area (Å²) in [5.74, 6) is -1.04. The number of rotatable bonds is 11. The zero-order valence-corrected chi connectivity index (χ0v) is 19.9. The summed E-state index contributed by atoms with van der Waals surface area (Å²) in [7, 11) is -0.131. The average molecular weight is 456 g/mol. The van der Waals surface area contributed by atoms with Crippen molar-refractivity contribution in [3.8, 4) is 0 Å². The van der Waals surface area contributed by atoms with Crippen molar-refractivity contribution in [2.75, 3.05) is 40.3 Å². The number of hydrogen-bond acceptors (Lipinski definition) is 7. The fraction of sp³-hybridized carbons (Fsp3) is 0.571. The van der Waals surface area contributed by atoms with Gasteiger partial charge in [0, 0.05) is 31.6 Å². The van der Waals surface area contributed by atoms with Crippen LogP contribution in [-0.4, -0.2) is 81.8 Å². The fourth-order valence-corrected chi connectivity index (χ4v) is 3.58. The topological polar surface area (TPSA) is 113 Å². The van der Waals surface area contributed by atoms with Crippen molar-refractivity contribution in [2.45, 2.75) is 44.6 Å². The van der Waals surface area contributed by atoms with Gasteiger partial charge in [-0.25, -0.2) is 13.1 Å². The Morgan fingerprint density at radius 1 is 1.03 bits per heavy atom. The van der Waals surface area contributed by atoms with Crippen LogP contribution in [-0.2, 0) is 24.3 Å². The number of carbonyl (C=O) groups excluding carboxylic acids is 3. The van der Waals surface area contributed by atoms with Gasteiger partial charge in [-0.3, -0.25) is 14.4 Å². The van der Waals surface area contributed by atoms with Crippen LogP contribution in [0.15, 0.2) is 29.2 Å². The lowest BCUT2D eigenvalue weighted by Crippen LogP contribution is -2.43. The van der Waals surface area contributed by atoms with Crippen LogP contribution in [0.5, 0.6) is 0 Å². The van der Waals surface area contributed by atoms with Crippen molar-refractivity contribution in [1.82, 2.24) is 14.5 Å². The van der Waals surface area contributed by atoms with Crippen molar-refractivity contribution < 1.29 is 27.5 Å². The summed E-state index contributed by atoms with van der Waals surface area (Å²) >= 11 is 0. The van der Waals surface area contributed by atoms with Crippen LogP contribution in [0.3, 0.4) is 0 Å². The Labute approximate surface area is 184 Å². The highest BCUT2D eigenvalue weighted by Crippen LogP contribution is 2.11. The van der Waals surface area contributed by atoms with Crippen LogP contribution in [0.2, 0.25) is 0 Å². The van der Waals surface area contributed by atoms with Crippen LogP contribution >= 0.6 is 0 Å². The minimum absolute atomic E-state index is 0.00293. The molecule has 1 N–H and O–H groups in total. The summed E-state index contributed by atoms with van der Waals surface area (Å²) in [6.07, 6.45) is -0.110. The first-order chi connectivity index (χ1) is 14.2. The standard InChI is InChI=1S/C21H33N3O6S/c1-16(25)17-7-9-18(10-8-17)31(28,29)22-12-11-19(26)24(14-13-23(5)6)15-20(27)30-21(2,3)4/h7-10,22H,11-15H2,1-6H3. The molecule has 0 saturated heterocycles. The van der Waals surface area contributed by atoms with Gasteiger partial charge in [-0.05, 0) is 53.9 Å². The number of amides is 1.